The van der Waals surface area contributed by atoms with Gasteiger partial charge in [0.15, 0.2) is 11.0 Å². The Hall–Kier alpha value is -3.00. The second-order valence-corrected chi connectivity index (χ2v) is 7.23. The molecule has 0 amide bonds. The molecular formula is C14H8F3N7O2S2. The number of nitro groups is 1. The second-order valence-electron chi connectivity index (χ2n) is 5.40. The molecule has 4 aromatic rings. The third-order valence-electron chi connectivity index (χ3n) is 3.56. The summed E-state index contributed by atoms with van der Waals surface area (Å²) in [5, 5.41) is 20.5. The number of pyridine rings is 1. The summed E-state index contributed by atoms with van der Waals surface area (Å²) in [5.41, 5.74) is 0.388. The topological polar surface area (TPSA) is 104 Å². The summed E-state index contributed by atoms with van der Waals surface area (Å²) in [6.07, 6.45) is -0.232. The lowest BCUT2D eigenvalue weighted by Gasteiger charge is -2.12. The highest BCUT2D eigenvalue weighted by Crippen LogP contribution is 2.37. The number of alkyl halides is 3. The molecule has 0 N–H and O–H groups in total. The highest BCUT2D eigenvalue weighted by molar-refractivity contribution is 7.99. The van der Waals surface area contributed by atoms with Crippen LogP contribution in [-0.4, -0.2) is 40.2 Å². The van der Waals surface area contributed by atoms with Crippen LogP contribution in [0, 0.1) is 10.1 Å². The lowest BCUT2D eigenvalue weighted by atomic mass is 10.2. The van der Waals surface area contributed by atoms with Crippen LogP contribution in [-0.2, 0) is 6.54 Å². The highest BCUT2D eigenvalue weighted by atomic mass is 32.2. The van der Waals surface area contributed by atoms with Crippen LogP contribution in [0.1, 0.15) is 0 Å². The Labute approximate surface area is 162 Å². The third kappa shape index (κ3) is 3.43. The average molecular weight is 427 g/mol. The molecule has 0 aromatic carbocycles. The normalized spacial score (nSPS) is 12.0. The van der Waals surface area contributed by atoms with Crippen LogP contribution in [0.4, 0.5) is 19.0 Å². The Morgan fingerprint density at radius 2 is 2.00 bits per heavy atom. The summed E-state index contributed by atoms with van der Waals surface area (Å²) in [4.78, 5) is 19.1. The maximum atomic E-state index is 13.1. The molecule has 0 saturated carbocycles. The van der Waals surface area contributed by atoms with Crippen molar-refractivity contribution in [3.8, 4) is 11.4 Å². The lowest BCUT2D eigenvalue weighted by molar-refractivity contribution is -0.393. The van der Waals surface area contributed by atoms with E-state index in [9.17, 15) is 23.3 Å². The number of aromatic nitrogens is 6. The molecule has 0 aliphatic rings. The molecule has 0 unspecified atom stereocenters. The first kappa shape index (κ1) is 18.4. The maximum absolute atomic E-state index is 13.1. The zero-order chi connectivity index (χ0) is 19.9. The first-order valence-corrected chi connectivity index (χ1v) is 9.21. The van der Waals surface area contributed by atoms with Crippen molar-refractivity contribution in [2.24, 2.45) is 0 Å². The van der Waals surface area contributed by atoms with Crippen LogP contribution >= 0.6 is 23.1 Å². The third-order valence-corrected chi connectivity index (χ3v) is 5.27. The fourth-order valence-electron chi connectivity index (χ4n) is 2.48. The van der Waals surface area contributed by atoms with E-state index >= 15 is 0 Å². The van der Waals surface area contributed by atoms with Gasteiger partial charge in [-0.05, 0) is 28.8 Å². The first-order chi connectivity index (χ1) is 13.3. The van der Waals surface area contributed by atoms with E-state index in [4.69, 9.17) is 0 Å². The van der Waals surface area contributed by atoms with Gasteiger partial charge in [-0.3, -0.25) is 9.55 Å². The Morgan fingerprint density at radius 1 is 1.25 bits per heavy atom. The average Bonchev–Trinajstić information content (AvgIpc) is 3.30. The van der Waals surface area contributed by atoms with Crippen molar-refractivity contribution in [3.05, 3.63) is 46.2 Å². The van der Waals surface area contributed by atoms with Crippen LogP contribution < -0.4 is 0 Å². The number of halogens is 3. The second kappa shape index (κ2) is 6.87. The minimum Gasteiger partial charge on any atom is -0.358 e. The Morgan fingerprint density at radius 3 is 2.68 bits per heavy atom. The molecule has 9 nitrogen and oxygen atoms in total. The number of thiazole rings is 1. The monoisotopic (exact) mass is 427 g/mol. The van der Waals surface area contributed by atoms with Gasteiger partial charge in [0.2, 0.25) is 5.03 Å². The van der Waals surface area contributed by atoms with Crippen LogP contribution in [0.5, 0.6) is 0 Å². The van der Waals surface area contributed by atoms with Crippen LogP contribution in [0.2, 0.25) is 0 Å². The summed E-state index contributed by atoms with van der Waals surface area (Å²) in [5.74, 6) is -0.362. The van der Waals surface area contributed by atoms with Gasteiger partial charge >= 0.3 is 12.0 Å². The van der Waals surface area contributed by atoms with Gasteiger partial charge in [-0.15, -0.1) is 10.2 Å². The van der Waals surface area contributed by atoms with Crippen molar-refractivity contribution in [2.75, 3.05) is 0 Å². The van der Waals surface area contributed by atoms with E-state index in [1.807, 2.05) is 0 Å². The van der Waals surface area contributed by atoms with Crippen molar-refractivity contribution in [2.45, 2.75) is 22.9 Å². The smallest absolute Gasteiger partial charge is 0.358 e. The van der Waals surface area contributed by atoms with Crippen molar-refractivity contribution in [1.29, 1.82) is 0 Å². The molecule has 0 bridgehead atoms. The molecule has 0 aliphatic heterocycles. The molecule has 14 heteroatoms. The first-order valence-electron chi connectivity index (χ1n) is 7.51. The molecule has 144 valence electrons. The van der Waals surface area contributed by atoms with E-state index in [2.05, 4.69) is 20.2 Å². The predicted molar refractivity (Wildman–Crippen MR) is 93.2 cm³/mol. The zero-order valence-corrected chi connectivity index (χ0v) is 15.2. The van der Waals surface area contributed by atoms with Crippen molar-refractivity contribution in [3.63, 3.8) is 0 Å². The number of hydrogen-bond donors (Lipinski definition) is 0. The summed E-state index contributed by atoms with van der Waals surface area (Å²) >= 11 is 1.83. The minimum absolute atomic E-state index is 0.0223. The number of hydrogen-bond acceptors (Lipinski definition) is 8. The molecule has 4 heterocycles. The molecule has 0 atom stereocenters. The fraction of sp³-hybridized carbons (Fsp3) is 0.143. The Balaban J connectivity index is 1.80. The minimum atomic E-state index is -4.54. The van der Waals surface area contributed by atoms with E-state index in [0.717, 1.165) is 4.57 Å². The van der Waals surface area contributed by atoms with E-state index < -0.39 is 17.6 Å². The van der Waals surface area contributed by atoms with Crippen molar-refractivity contribution >= 4 is 33.9 Å². The molecule has 0 aliphatic carbocycles. The van der Waals surface area contributed by atoms with Crippen molar-refractivity contribution in [1.82, 2.24) is 29.1 Å². The quantitative estimate of drug-likeness (QED) is 0.353. The van der Waals surface area contributed by atoms with Gasteiger partial charge in [0.1, 0.15) is 12.7 Å². The Bertz CT molecular complexity index is 1150. The largest absolute Gasteiger partial charge is 0.406 e. The number of nitrogens with zero attached hydrogens (tertiary/aromatic N) is 7. The summed E-state index contributed by atoms with van der Waals surface area (Å²) < 4.78 is 41.5. The molecule has 28 heavy (non-hydrogen) atoms. The van der Waals surface area contributed by atoms with Gasteiger partial charge in [-0.1, -0.05) is 11.3 Å². The molecule has 0 saturated heterocycles. The van der Waals surface area contributed by atoms with Gasteiger partial charge < -0.3 is 10.1 Å². The SMILES string of the molecule is O=[N+]([O-])c1c(Sc2nnc(-c3ccncc3)n2CC(F)(F)F)nc2sccn12. The highest BCUT2D eigenvalue weighted by Gasteiger charge is 2.33. The van der Waals surface area contributed by atoms with Gasteiger partial charge in [-0.25, -0.2) is 0 Å². The van der Waals surface area contributed by atoms with Crippen LogP contribution in [0.25, 0.3) is 16.3 Å². The van der Waals surface area contributed by atoms with Crippen molar-refractivity contribution < 1.29 is 18.1 Å². The fourth-order valence-corrected chi connectivity index (χ4v) is 4.15. The number of imidazole rings is 1. The van der Waals surface area contributed by atoms with Gasteiger partial charge in [-0.2, -0.15) is 22.6 Å². The Kier molecular flexibility index (Phi) is 4.50. The van der Waals surface area contributed by atoms with Gasteiger partial charge in [0.05, 0.1) is 0 Å². The van der Waals surface area contributed by atoms with E-state index in [1.165, 1.54) is 46.5 Å². The molecule has 0 radical (unpaired) electrons. The molecule has 4 rings (SSSR count). The zero-order valence-electron chi connectivity index (χ0n) is 13.6. The van der Waals surface area contributed by atoms with Gasteiger partial charge in [0.25, 0.3) is 4.96 Å². The van der Waals surface area contributed by atoms with E-state index in [-0.39, 0.29) is 21.8 Å². The molecule has 4 aromatic heterocycles. The molecular weight excluding hydrogens is 419 g/mol. The summed E-state index contributed by atoms with van der Waals surface area (Å²) in [6, 6.07) is 3.00. The molecule has 0 fully saturated rings. The van der Waals surface area contributed by atoms with E-state index in [1.54, 1.807) is 5.38 Å². The van der Waals surface area contributed by atoms with Crippen LogP contribution in [0.15, 0.2) is 46.3 Å². The summed E-state index contributed by atoms with van der Waals surface area (Å²) in [6.45, 7) is -1.35. The lowest BCUT2D eigenvalue weighted by Crippen LogP contribution is -2.19. The number of rotatable bonds is 5. The predicted octanol–water partition coefficient (Wildman–Crippen LogP) is 3.67. The molecule has 0 spiro atoms. The maximum Gasteiger partial charge on any atom is 0.406 e. The van der Waals surface area contributed by atoms with E-state index in [0.29, 0.717) is 22.3 Å². The van der Waals surface area contributed by atoms with Gasteiger partial charge in [0, 0.05) is 23.3 Å². The standard InChI is InChI=1S/C14H8F3N7O2S2/c15-14(16,17)7-23-9(8-1-3-18-4-2-8)20-21-13(23)28-10-11(24(25)26)22-5-6-27-12(22)19-10/h1-6H,7H2. The van der Waals surface area contributed by atoms with Crippen LogP contribution in [0.3, 0.4) is 0 Å². The summed E-state index contributed by atoms with van der Waals surface area (Å²) in [7, 11) is 0. The number of fused-ring (bicyclic) bond motifs is 1.